The van der Waals surface area contributed by atoms with Crippen LogP contribution in [0.15, 0.2) is 83.0 Å². The summed E-state index contributed by atoms with van der Waals surface area (Å²) in [7, 11) is 0. The molecule has 0 aliphatic heterocycles. The summed E-state index contributed by atoms with van der Waals surface area (Å²) in [4.78, 5) is 0. The quantitative estimate of drug-likeness (QED) is 0.310. The second-order valence-electron chi connectivity index (χ2n) is 8.69. The van der Waals surface area contributed by atoms with E-state index < -0.39 is 0 Å². The van der Waals surface area contributed by atoms with Crippen molar-refractivity contribution >= 4 is 0 Å². The maximum atomic E-state index is 2.40. The Morgan fingerprint density at radius 2 is 1.97 bits per heavy atom. The van der Waals surface area contributed by atoms with Crippen molar-refractivity contribution in [1.82, 2.24) is 0 Å². The van der Waals surface area contributed by atoms with Gasteiger partial charge in [-0.05, 0) is 88.3 Å². The summed E-state index contributed by atoms with van der Waals surface area (Å²) >= 11 is 0. The highest BCUT2D eigenvalue weighted by Gasteiger charge is 2.25. The van der Waals surface area contributed by atoms with Gasteiger partial charge in [-0.2, -0.15) is 0 Å². The molecule has 0 radical (unpaired) electrons. The zero-order valence-corrected chi connectivity index (χ0v) is 18.9. The summed E-state index contributed by atoms with van der Waals surface area (Å²) in [5.74, 6) is 1.31. The lowest BCUT2D eigenvalue weighted by Crippen LogP contribution is -2.06. The van der Waals surface area contributed by atoms with Crippen LogP contribution >= 0.6 is 0 Å². The van der Waals surface area contributed by atoms with Crippen LogP contribution in [0.2, 0.25) is 0 Å². The van der Waals surface area contributed by atoms with E-state index in [4.69, 9.17) is 0 Å². The fourth-order valence-electron chi connectivity index (χ4n) is 5.03. The molecular weight excluding hydrogens is 348 g/mol. The van der Waals surface area contributed by atoms with Crippen LogP contribution in [0.4, 0.5) is 0 Å². The van der Waals surface area contributed by atoms with Crippen LogP contribution in [0.3, 0.4) is 0 Å². The minimum absolute atomic E-state index is 0.494. The van der Waals surface area contributed by atoms with E-state index in [9.17, 15) is 0 Å². The monoisotopic (exact) mass is 386 g/mol. The molecule has 2 unspecified atom stereocenters. The molecule has 0 bridgehead atoms. The Labute approximate surface area is 178 Å². The molecule has 0 saturated heterocycles. The molecule has 0 spiro atoms. The fraction of sp³-hybridized carbons (Fsp3) is 0.448. The SMILES string of the molecule is CC=C(C)C=CCc1ccccc1C(C)C(=CC)CCC1CCC2=C1CCC=C2. The number of rotatable bonds is 8. The Bertz CT molecular complexity index is 841. The van der Waals surface area contributed by atoms with E-state index in [1.807, 2.05) is 0 Å². The summed E-state index contributed by atoms with van der Waals surface area (Å²) in [5, 5.41) is 0. The van der Waals surface area contributed by atoms with E-state index in [1.54, 1.807) is 16.7 Å². The second kappa shape index (κ2) is 10.6. The van der Waals surface area contributed by atoms with Gasteiger partial charge in [0.25, 0.3) is 0 Å². The van der Waals surface area contributed by atoms with Crippen LogP contribution in [-0.4, -0.2) is 0 Å². The van der Waals surface area contributed by atoms with Crippen molar-refractivity contribution < 1.29 is 0 Å². The lowest BCUT2D eigenvalue weighted by molar-refractivity contribution is 0.529. The smallest absolute Gasteiger partial charge is 0.00225 e. The third kappa shape index (κ3) is 5.50. The summed E-state index contributed by atoms with van der Waals surface area (Å²) in [5.41, 5.74) is 9.32. The molecule has 154 valence electrons. The third-order valence-corrected chi connectivity index (χ3v) is 6.97. The lowest BCUT2D eigenvalue weighted by atomic mass is 9.83. The van der Waals surface area contributed by atoms with E-state index in [0.717, 1.165) is 12.3 Å². The maximum Gasteiger partial charge on any atom is 0.00225 e. The Morgan fingerprint density at radius 1 is 1.14 bits per heavy atom. The lowest BCUT2D eigenvalue weighted by Gasteiger charge is -2.22. The first-order valence-corrected chi connectivity index (χ1v) is 11.5. The minimum Gasteiger partial charge on any atom is -0.0878 e. The summed E-state index contributed by atoms with van der Waals surface area (Å²) in [6.45, 7) is 8.89. The van der Waals surface area contributed by atoms with Gasteiger partial charge in [0.15, 0.2) is 0 Å². The predicted octanol–water partition coefficient (Wildman–Crippen LogP) is 8.64. The van der Waals surface area contributed by atoms with E-state index in [-0.39, 0.29) is 0 Å². The molecule has 29 heavy (non-hydrogen) atoms. The average molecular weight is 387 g/mol. The van der Waals surface area contributed by atoms with Gasteiger partial charge in [0.2, 0.25) is 0 Å². The Balaban J connectivity index is 1.67. The molecule has 0 amide bonds. The van der Waals surface area contributed by atoms with Crippen LogP contribution in [-0.2, 0) is 6.42 Å². The number of hydrogen-bond donors (Lipinski definition) is 0. The molecule has 0 N–H and O–H groups in total. The molecule has 1 aromatic rings. The molecule has 0 aromatic heterocycles. The maximum absolute atomic E-state index is 2.40. The predicted molar refractivity (Wildman–Crippen MR) is 128 cm³/mol. The molecule has 2 aliphatic carbocycles. The first-order valence-electron chi connectivity index (χ1n) is 11.5. The van der Waals surface area contributed by atoms with E-state index >= 15 is 0 Å². The van der Waals surface area contributed by atoms with Crippen LogP contribution in [0.1, 0.15) is 83.3 Å². The van der Waals surface area contributed by atoms with Crippen molar-refractivity contribution in [1.29, 1.82) is 0 Å². The standard InChI is InChI=1S/C29H38/c1-5-22(3)12-11-15-25-13-7-9-16-28(25)23(4)24(6-2)18-19-27-21-20-26-14-8-10-17-29(26)27/h5-9,11-14,16,23,27H,10,15,17-21H2,1-4H3. The van der Waals surface area contributed by atoms with Gasteiger partial charge in [-0.25, -0.2) is 0 Å². The van der Waals surface area contributed by atoms with Crippen LogP contribution in [0.5, 0.6) is 0 Å². The molecule has 0 saturated carbocycles. The number of benzene rings is 1. The van der Waals surface area contributed by atoms with Crippen molar-refractivity contribution in [2.45, 2.75) is 78.6 Å². The highest BCUT2D eigenvalue weighted by molar-refractivity contribution is 5.38. The zero-order valence-electron chi connectivity index (χ0n) is 18.9. The van der Waals surface area contributed by atoms with Gasteiger partial charge in [0.1, 0.15) is 0 Å². The Kier molecular flexibility index (Phi) is 7.92. The number of hydrogen-bond acceptors (Lipinski definition) is 0. The minimum atomic E-state index is 0.494. The van der Waals surface area contributed by atoms with Crippen molar-refractivity contribution in [2.24, 2.45) is 5.92 Å². The molecule has 0 heteroatoms. The second-order valence-corrected chi connectivity index (χ2v) is 8.69. The van der Waals surface area contributed by atoms with Crippen molar-refractivity contribution in [3.05, 3.63) is 94.1 Å². The Morgan fingerprint density at radius 3 is 2.76 bits per heavy atom. The first-order chi connectivity index (χ1) is 14.1. The number of allylic oxidation sites excluding steroid dienone is 10. The Hall–Kier alpha value is -2.08. The normalized spacial score (nSPS) is 21.2. The van der Waals surface area contributed by atoms with Gasteiger partial charge in [-0.3, -0.25) is 0 Å². The topological polar surface area (TPSA) is 0 Å². The summed E-state index contributed by atoms with van der Waals surface area (Å²) in [6, 6.07) is 9.02. The van der Waals surface area contributed by atoms with Gasteiger partial charge in [0, 0.05) is 5.92 Å². The van der Waals surface area contributed by atoms with Gasteiger partial charge >= 0.3 is 0 Å². The largest absolute Gasteiger partial charge is 0.0878 e. The van der Waals surface area contributed by atoms with Crippen LogP contribution in [0.25, 0.3) is 0 Å². The molecule has 0 heterocycles. The summed E-state index contributed by atoms with van der Waals surface area (Å²) < 4.78 is 0. The first kappa shape index (κ1) is 21.6. The average Bonchev–Trinajstić information content (AvgIpc) is 3.17. The molecule has 2 aliphatic rings. The molecule has 3 rings (SSSR count). The van der Waals surface area contributed by atoms with Gasteiger partial charge in [0.05, 0.1) is 0 Å². The van der Waals surface area contributed by atoms with Crippen LogP contribution < -0.4 is 0 Å². The van der Waals surface area contributed by atoms with E-state index in [1.165, 1.54) is 55.2 Å². The molecule has 2 atom stereocenters. The zero-order chi connectivity index (χ0) is 20.6. The molecular formula is C29H38. The van der Waals surface area contributed by atoms with Crippen molar-refractivity contribution in [3.8, 4) is 0 Å². The van der Waals surface area contributed by atoms with E-state index in [0.29, 0.717) is 5.92 Å². The fourth-order valence-corrected chi connectivity index (χ4v) is 5.03. The summed E-state index contributed by atoms with van der Waals surface area (Å²) in [6.07, 6.45) is 22.6. The van der Waals surface area contributed by atoms with Gasteiger partial charge < -0.3 is 0 Å². The molecule has 0 fully saturated rings. The van der Waals surface area contributed by atoms with Crippen LogP contribution in [0, 0.1) is 5.92 Å². The molecule has 1 aromatic carbocycles. The van der Waals surface area contributed by atoms with Crippen molar-refractivity contribution in [2.75, 3.05) is 0 Å². The van der Waals surface area contributed by atoms with Gasteiger partial charge in [-0.1, -0.05) is 84.4 Å². The van der Waals surface area contributed by atoms with Gasteiger partial charge in [-0.15, -0.1) is 0 Å². The molecule has 0 nitrogen and oxygen atoms in total. The third-order valence-electron chi connectivity index (χ3n) is 6.97. The van der Waals surface area contributed by atoms with E-state index in [2.05, 4.69) is 88.4 Å². The van der Waals surface area contributed by atoms with Crippen molar-refractivity contribution in [3.63, 3.8) is 0 Å². The highest BCUT2D eigenvalue weighted by atomic mass is 14.3. The highest BCUT2D eigenvalue weighted by Crippen LogP contribution is 2.42.